The van der Waals surface area contributed by atoms with E-state index in [0.717, 1.165) is 11.6 Å². The fourth-order valence-electron chi connectivity index (χ4n) is 4.28. The van der Waals surface area contributed by atoms with E-state index >= 15 is 0 Å². The molecular weight excluding hydrogens is 445 g/mol. The maximum atomic E-state index is 13.1. The number of aryl methyl sites for hydroxylation is 2. The van der Waals surface area contributed by atoms with Crippen LogP contribution in [0.15, 0.2) is 54.9 Å². The van der Waals surface area contributed by atoms with Gasteiger partial charge in [0.15, 0.2) is 0 Å². The van der Waals surface area contributed by atoms with Crippen LogP contribution in [0.4, 0.5) is 13.2 Å². The number of hydrogen-bond donors (Lipinski definition) is 2. The summed E-state index contributed by atoms with van der Waals surface area (Å²) in [5, 5.41) is 4.33. The van der Waals surface area contributed by atoms with Gasteiger partial charge in [0.05, 0.1) is 11.6 Å². The summed E-state index contributed by atoms with van der Waals surface area (Å²) in [6, 6.07) is 11.0. The van der Waals surface area contributed by atoms with Gasteiger partial charge >= 0.3 is 6.18 Å². The number of amides is 2. The lowest BCUT2D eigenvalue weighted by atomic mass is 9.97. The molecule has 0 saturated carbocycles. The van der Waals surface area contributed by atoms with E-state index in [9.17, 15) is 22.8 Å². The monoisotopic (exact) mass is 472 g/mol. The molecule has 6 nitrogen and oxygen atoms in total. The van der Waals surface area contributed by atoms with E-state index in [0.29, 0.717) is 6.42 Å². The molecule has 4 rings (SSSR count). The average Bonchev–Trinajstić information content (AvgIpc) is 3.24. The highest BCUT2D eigenvalue weighted by atomic mass is 19.4. The van der Waals surface area contributed by atoms with Crippen molar-refractivity contribution < 1.29 is 22.8 Å². The minimum Gasteiger partial charge on any atom is -0.352 e. The minimum atomic E-state index is -4.48. The average molecular weight is 473 g/mol. The zero-order chi connectivity index (χ0) is 24.5. The van der Waals surface area contributed by atoms with Crippen molar-refractivity contribution in [3.63, 3.8) is 0 Å². The molecule has 2 heterocycles. The molecule has 9 heteroatoms. The second kappa shape index (κ2) is 9.50. The van der Waals surface area contributed by atoms with Crippen LogP contribution in [0.25, 0.3) is 0 Å². The topological polar surface area (TPSA) is 64.7 Å². The van der Waals surface area contributed by atoms with Gasteiger partial charge in [-0.15, -0.1) is 0 Å². The SMILES string of the molecule is Cc1ccc(C2CC3C(=O)N(CCC(=O)NCc4ccccc4C(F)(F)F)C=CN3N2)cc1C. The van der Waals surface area contributed by atoms with Crippen LogP contribution in [-0.4, -0.2) is 34.3 Å². The van der Waals surface area contributed by atoms with Crippen LogP contribution in [-0.2, 0) is 22.3 Å². The van der Waals surface area contributed by atoms with Gasteiger partial charge in [-0.1, -0.05) is 36.4 Å². The number of hydrazine groups is 1. The Kier molecular flexibility index (Phi) is 6.65. The molecular formula is C25H27F3N4O2. The molecule has 0 bridgehead atoms. The standard InChI is InChI=1S/C25H27F3N4O2/c1-16-7-8-18(13-17(16)2)21-14-22-24(34)31(11-12-32(22)30-21)10-9-23(33)29-15-19-5-3-4-6-20(19)25(26,27)28/h3-8,11-13,21-22,30H,9-10,14-15H2,1-2H3,(H,29,33). The molecule has 2 unspecified atom stereocenters. The first-order valence-electron chi connectivity index (χ1n) is 11.2. The van der Waals surface area contributed by atoms with Crippen LogP contribution in [0, 0.1) is 13.8 Å². The first kappa shape index (κ1) is 23.8. The molecule has 2 aliphatic heterocycles. The van der Waals surface area contributed by atoms with Crippen LogP contribution in [0.1, 0.15) is 46.7 Å². The third kappa shape index (κ3) is 5.09. The Morgan fingerprint density at radius 1 is 1.12 bits per heavy atom. The van der Waals surface area contributed by atoms with Gasteiger partial charge < -0.3 is 15.2 Å². The van der Waals surface area contributed by atoms with E-state index in [1.807, 2.05) is 0 Å². The minimum absolute atomic E-state index is 0.00218. The predicted octanol–water partition coefficient (Wildman–Crippen LogP) is 3.96. The quantitative estimate of drug-likeness (QED) is 0.668. The van der Waals surface area contributed by atoms with E-state index < -0.39 is 17.6 Å². The highest BCUT2D eigenvalue weighted by Gasteiger charge is 2.40. The number of carbonyl (C=O) groups is 2. The molecule has 2 aromatic rings. The Bertz CT molecular complexity index is 1120. The molecule has 0 spiro atoms. The van der Waals surface area contributed by atoms with Crippen LogP contribution >= 0.6 is 0 Å². The van der Waals surface area contributed by atoms with E-state index in [1.165, 1.54) is 34.2 Å². The number of rotatable bonds is 6. The molecule has 2 amide bonds. The normalized spacial score (nSPS) is 20.0. The summed E-state index contributed by atoms with van der Waals surface area (Å²) in [5.74, 6) is -0.533. The summed E-state index contributed by atoms with van der Waals surface area (Å²) >= 11 is 0. The molecule has 34 heavy (non-hydrogen) atoms. The summed E-state index contributed by atoms with van der Waals surface area (Å²) in [7, 11) is 0. The van der Waals surface area contributed by atoms with Crippen molar-refractivity contribution in [1.82, 2.24) is 20.7 Å². The molecule has 0 aromatic heterocycles. The Morgan fingerprint density at radius 2 is 1.88 bits per heavy atom. The molecule has 2 aliphatic rings. The summed E-state index contributed by atoms with van der Waals surface area (Å²) in [6.45, 7) is 4.04. The third-order valence-electron chi connectivity index (χ3n) is 6.39. The molecule has 1 saturated heterocycles. The molecule has 2 N–H and O–H groups in total. The second-order valence-electron chi connectivity index (χ2n) is 8.70. The van der Waals surface area contributed by atoms with Gasteiger partial charge in [0.2, 0.25) is 5.91 Å². The number of hydrogen-bond acceptors (Lipinski definition) is 4. The number of benzene rings is 2. The van der Waals surface area contributed by atoms with Crippen molar-refractivity contribution in [2.24, 2.45) is 0 Å². The van der Waals surface area contributed by atoms with Gasteiger partial charge in [0.1, 0.15) is 6.04 Å². The highest BCUT2D eigenvalue weighted by Crippen LogP contribution is 2.32. The van der Waals surface area contributed by atoms with Crippen molar-refractivity contribution >= 4 is 11.8 Å². The van der Waals surface area contributed by atoms with Crippen LogP contribution < -0.4 is 10.7 Å². The smallest absolute Gasteiger partial charge is 0.352 e. The van der Waals surface area contributed by atoms with Crippen molar-refractivity contribution in [3.05, 3.63) is 82.7 Å². The highest BCUT2D eigenvalue weighted by molar-refractivity contribution is 5.85. The molecule has 0 aliphatic carbocycles. The number of carbonyl (C=O) groups excluding carboxylic acids is 2. The Hall–Kier alpha value is -3.33. The Balaban J connectivity index is 1.31. The van der Waals surface area contributed by atoms with Crippen LogP contribution in [0.2, 0.25) is 0 Å². The fourth-order valence-corrected chi connectivity index (χ4v) is 4.28. The molecule has 2 atom stereocenters. The summed E-state index contributed by atoms with van der Waals surface area (Å²) in [4.78, 5) is 26.8. The first-order chi connectivity index (χ1) is 16.1. The largest absolute Gasteiger partial charge is 0.416 e. The van der Waals surface area contributed by atoms with Gasteiger partial charge in [-0.2, -0.15) is 13.2 Å². The summed E-state index contributed by atoms with van der Waals surface area (Å²) in [5.41, 5.74) is 6.11. The number of fused-ring (bicyclic) bond motifs is 1. The fraction of sp³-hybridized carbons (Fsp3) is 0.360. The zero-order valence-corrected chi connectivity index (χ0v) is 19.0. The Morgan fingerprint density at radius 3 is 2.62 bits per heavy atom. The lowest BCUT2D eigenvalue weighted by molar-refractivity contribution is -0.138. The van der Waals surface area contributed by atoms with Crippen molar-refractivity contribution in [2.75, 3.05) is 6.54 Å². The van der Waals surface area contributed by atoms with Gasteiger partial charge in [-0.25, -0.2) is 5.43 Å². The van der Waals surface area contributed by atoms with Gasteiger partial charge in [-0.05, 0) is 48.6 Å². The van der Waals surface area contributed by atoms with Crippen molar-refractivity contribution in [2.45, 2.75) is 51.5 Å². The lowest BCUT2D eigenvalue weighted by Crippen LogP contribution is -2.48. The summed E-state index contributed by atoms with van der Waals surface area (Å²) < 4.78 is 39.3. The molecule has 0 radical (unpaired) electrons. The third-order valence-corrected chi connectivity index (χ3v) is 6.39. The second-order valence-corrected chi connectivity index (χ2v) is 8.70. The van der Waals surface area contributed by atoms with Gasteiger partial charge in [0.25, 0.3) is 5.91 Å². The van der Waals surface area contributed by atoms with E-state index in [1.54, 1.807) is 17.4 Å². The predicted molar refractivity (Wildman–Crippen MR) is 121 cm³/mol. The Labute approximate surface area is 196 Å². The number of alkyl halides is 3. The number of halogens is 3. The molecule has 1 fully saturated rings. The maximum Gasteiger partial charge on any atom is 0.416 e. The number of nitrogens with one attached hydrogen (secondary N) is 2. The first-order valence-corrected chi connectivity index (χ1v) is 11.2. The zero-order valence-electron chi connectivity index (χ0n) is 19.0. The maximum absolute atomic E-state index is 13.1. The van der Waals surface area contributed by atoms with Gasteiger partial charge in [0, 0.05) is 31.9 Å². The van der Waals surface area contributed by atoms with E-state index in [4.69, 9.17) is 0 Å². The van der Waals surface area contributed by atoms with Crippen molar-refractivity contribution in [1.29, 1.82) is 0 Å². The van der Waals surface area contributed by atoms with Crippen LogP contribution in [0.5, 0.6) is 0 Å². The van der Waals surface area contributed by atoms with Gasteiger partial charge in [-0.3, -0.25) is 9.59 Å². The van der Waals surface area contributed by atoms with Crippen molar-refractivity contribution in [3.8, 4) is 0 Å². The summed E-state index contributed by atoms with van der Waals surface area (Å²) in [6.07, 6.45) is -0.484. The van der Waals surface area contributed by atoms with E-state index in [2.05, 4.69) is 42.8 Å². The molecule has 2 aromatic carbocycles. The lowest BCUT2D eigenvalue weighted by Gasteiger charge is -2.31. The van der Waals surface area contributed by atoms with Crippen LogP contribution in [0.3, 0.4) is 0 Å². The number of nitrogens with zero attached hydrogens (tertiary/aromatic N) is 2. The molecule has 180 valence electrons. The van der Waals surface area contributed by atoms with E-state index in [-0.39, 0.29) is 43.1 Å².